The van der Waals surface area contributed by atoms with E-state index in [-0.39, 0.29) is 5.41 Å². The minimum absolute atomic E-state index is 0.101. The van der Waals surface area contributed by atoms with Gasteiger partial charge in [-0.1, -0.05) is 32.4 Å². The highest BCUT2D eigenvalue weighted by Crippen LogP contribution is 2.27. The minimum atomic E-state index is -0.101. The number of aromatic nitrogens is 2. The molecule has 0 amide bonds. The second kappa shape index (κ2) is 5.02. The van der Waals surface area contributed by atoms with Crippen LogP contribution in [-0.2, 0) is 10.2 Å². The number of hydrogen-bond acceptors (Lipinski definition) is 4. The van der Waals surface area contributed by atoms with Gasteiger partial charge in [-0.15, -0.1) is 0 Å². The highest BCUT2D eigenvalue weighted by Gasteiger charge is 2.29. The summed E-state index contributed by atoms with van der Waals surface area (Å²) in [6.45, 7) is 6.23. The molecule has 2 rings (SSSR count). The Morgan fingerprint density at radius 3 is 2.56 bits per heavy atom. The van der Waals surface area contributed by atoms with Crippen LogP contribution in [0.2, 0.25) is 5.15 Å². The number of nitrogens with zero attached hydrogens (tertiary/aromatic N) is 2. The van der Waals surface area contributed by atoms with Gasteiger partial charge in [0.05, 0.1) is 6.10 Å². The van der Waals surface area contributed by atoms with Crippen molar-refractivity contribution in [2.75, 3.05) is 12.4 Å². The zero-order chi connectivity index (χ0) is 13.3. The van der Waals surface area contributed by atoms with Crippen LogP contribution in [0.5, 0.6) is 0 Å². The van der Waals surface area contributed by atoms with Crippen LogP contribution >= 0.6 is 11.6 Å². The number of ether oxygens (including phenoxy) is 1. The van der Waals surface area contributed by atoms with Crippen molar-refractivity contribution in [3.8, 4) is 0 Å². The van der Waals surface area contributed by atoms with E-state index in [2.05, 4.69) is 36.1 Å². The Morgan fingerprint density at radius 2 is 2.00 bits per heavy atom. The van der Waals surface area contributed by atoms with E-state index in [1.165, 1.54) is 0 Å². The third-order valence-electron chi connectivity index (χ3n) is 3.15. The predicted molar refractivity (Wildman–Crippen MR) is 73.2 cm³/mol. The molecule has 0 spiro atoms. The molecule has 100 valence electrons. The van der Waals surface area contributed by atoms with E-state index in [9.17, 15) is 0 Å². The van der Waals surface area contributed by atoms with Crippen LogP contribution in [0.25, 0.3) is 0 Å². The lowest BCUT2D eigenvalue weighted by Crippen LogP contribution is -2.40. The summed E-state index contributed by atoms with van der Waals surface area (Å²) < 4.78 is 5.26. The molecule has 1 aliphatic rings. The molecule has 4 nitrogen and oxygen atoms in total. The van der Waals surface area contributed by atoms with Crippen molar-refractivity contribution in [1.82, 2.24) is 9.97 Å². The fourth-order valence-corrected chi connectivity index (χ4v) is 2.10. The molecule has 0 aliphatic heterocycles. The molecule has 5 heteroatoms. The SMILES string of the molecule is COC1CC(Nc2cc(Cl)nc(C(C)(C)C)n2)C1. The first kappa shape index (κ1) is 13.6. The van der Waals surface area contributed by atoms with Gasteiger partial charge in [-0.2, -0.15) is 0 Å². The molecule has 1 heterocycles. The summed E-state index contributed by atoms with van der Waals surface area (Å²) in [4.78, 5) is 8.81. The van der Waals surface area contributed by atoms with E-state index in [0.717, 1.165) is 24.5 Å². The topological polar surface area (TPSA) is 47.0 Å². The fourth-order valence-electron chi connectivity index (χ4n) is 1.91. The number of rotatable bonds is 3. The summed E-state index contributed by atoms with van der Waals surface area (Å²) in [5.74, 6) is 1.57. The van der Waals surface area contributed by atoms with Crippen molar-refractivity contribution in [3.05, 3.63) is 17.0 Å². The summed E-state index contributed by atoms with van der Waals surface area (Å²) in [5.41, 5.74) is -0.101. The molecule has 18 heavy (non-hydrogen) atoms. The van der Waals surface area contributed by atoms with Crippen molar-refractivity contribution in [2.24, 2.45) is 0 Å². The Labute approximate surface area is 113 Å². The highest BCUT2D eigenvalue weighted by molar-refractivity contribution is 6.29. The zero-order valence-electron chi connectivity index (χ0n) is 11.3. The Morgan fingerprint density at radius 1 is 1.33 bits per heavy atom. The molecule has 0 aromatic carbocycles. The van der Waals surface area contributed by atoms with Gasteiger partial charge in [-0.05, 0) is 12.8 Å². The lowest BCUT2D eigenvalue weighted by atomic mass is 9.89. The first-order valence-corrected chi connectivity index (χ1v) is 6.60. The molecular weight excluding hydrogens is 250 g/mol. The molecule has 0 bridgehead atoms. The summed E-state index contributed by atoms with van der Waals surface area (Å²) in [7, 11) is 1.75. The first-order chi connectivity index (χ1) is 8.38. The largest absolute Gasteiger partial charge is 0.381 e. The van der Waals surface area contributed by atoms with Crippen LogP contribution in [0, 0.1) is 0 Å². The van der Waals surface area contributed by atoms with Crippen molar-refractivity contribution in [1.29, 1.82) is 0 Å². The quantitative estimate of drug-likeness (QED) is 0.857. The number of nitrogens with one attached hydrogen (secondary N) is 1. The summed E-state index contributed by atoms with van der Waals surface area (Å²) in [5, 5.41) is 3.87. The van der Waals surface area contributed by atoms with E-state index >= 15 is 0 Å². The maximum Gasteiger partial charge on any atom is 0.137 e. The van der Waals surface area contributed by atoms with Gasteiger partial charge in [-0.3, -0.25) is 0 Å². The fraction of sp³-hybridized carbons (Fsp3) is 0.692. The number of anilines is 1. The monoisotopic (exact) mass is 269 g/mol. The number of methoxy groups -OCH3 is 1. The molecule has 0 saturated heterocycles. The molecule has 1 aromatic rings. The van der Waals surface area contributed by atoms with Gasteiger partial charge in [0, 0.05) is 24.6 Å². The molecule has 0 atom stereocenters. The second-order valence-corrected chi connectivity index (χ2v) is 6.21. The van der Waals surface area contributed by atoms with Crippen LogP contribution in [0.3, 0.4) is 0 Å². The number of hydrogen-bond donors (Lipinski definition) is 1. The number of halogens is 1. The Hall–Kier alpha value is -0.870. The highest BCUT2D eigenvalue weighted by atomic mass is 35.5. The Bertz CT molecular complexity index is 425. The van der Waals surface area contributed by atoms with E-state index < -0.39 is 0 Å². The van der Waals surface area contributed by atoms with E-state index in [4.69, 9.17) is 16.3 Å². The maximum atomic E-state index is 6.04. The third-order valence-corrected chi connectivity index (χ3v) is 3.34. The molecule has 1 N–H and O–H groups in total. The van der Waals surface area contributed by atoms with Crippen molar-refractivity contribution in [2.45, 2.75) is 51.2 Å². The van der Waals surface area contributed by atoms with Crippen LogP contribution in [0.15, 0.2) is 6.07 Å². The summed E-state index contributed by atoms with van der Waals surface area (Å²) >= 11 is 6.04. The average Bonchev–Trinajstić information content (AvgIpc) is 2.20. The molecular formula is C13H20ClN3O. The Kier molecular flexibility index (Phi) is 3.78. The molecule has 1 fully saturated rings. The zero-order valence-corrected chi connectivity index (χ0v) is 12.1. The van der Waals surface area contributed by atoms with Crippen LogP contribution in [-0.4, -0.2) is 29.2 Å². The van der Waals surface area contributed by atoms with Crippen LogP contribution < -0.4 is 5.32 Å². The lowest BCUT2D eigenvalue weighted by molar-refractivity contribution is 0.0328. The molecule has 0 unspecified atom stereocenters. The minimum Gasteiger partial charge on any atom is -0.381 e. The van der Waals surface area contributed by atoms with Gasteiger partial charge in [0.2, 0.25) is 0 Å². The van der Waals surface area contributed by atoms with Crippen molar-refractivity contribution >= 4 is 17.4 Å². The van der Waals surface area contributed by atoms with Gasteiger partial charge in [0.25, 0.3) is 0 Å². The van der Waals surface area contributed by atoms with E-state index in [1.54, 1.807) is 13.2 Å². The lowest BCUT2D eigenvalue weighted by Gasteiger charge is -2.35. The third kappa shape index (κ3) is 3.12. The van der Waals surface area contributed by atoms with Gasteiger partial charge in [-0.25, -0.2) is 9.97 Å². The van der Waals surface area contributed by atoms with Crippen LogP contribution in [0.4, 0.5) is 5.82 Å². The molecule has 0 radical (unpaired) electrons. The maximum absolute atomic E-state index is 6.04. The normalized spacial score (nSPS) is 23.6. The molecule has 1 aliphatic carbocycles. The standard InChI is InChI=1S/C13H20ClN3O/c1-13(2,3)12-16-10(14)7-11(17-12)15-8-5-9(6-8)18-4/h7-9H,5-6H2,1-4H3,(H,15,16,17). The van der Waals surface area contributed by atoms with Gasteiger partial charge in [0.15, 0.2) is 0 Å². The summed E-state index contributed by atoms with van der Waals surface area (Å²) in [6.07, 6.45) is 2.41. The summed E-state index contributed by atoms with van der Waals surface area (Å²) in [6, 6.07) is 2.20. The smallest absolute Gasteiger partial charge is 0.137 e. The first-order valence-electron chi connectivity index (χ1n) is 6.23. The van der Waals surface area contributed by atoms with E-state index in [0.29, 0.717) is 17.3 Å². The molecule has 1 saturated carbocycles. The second-order valence-electron chi connectivity index (χ2n) is 5.82. The Balaban J connectivity index is 2.07. The van der Waals surface area contributed by atoms with Gasteiger partial charge in [0.1, 0.15) is 16.8 Å². The predicted octanol–water partition coefficient (Wildman–Crippen LogP) is 3.02. The van der Waals surface area contributed by atoms with Gasteiger partial charge < -0.3 is 10.1 Å². The van der Waals surface area contributed by atoms with Crippen molar-refractivity contribution < 1.29 is 4.74 Å². The van der Waals surface area contributed by atoms with Crippen LogP contribution in [0.1, 0.15) is 39.4 Å². The molecule has 1 aromatic heterocycles. The van der Waals surface area contributed by atoms with Gasteiger partial charge >= 0.3 is 0 Å². The van der Waals surface area contributed by atoms with Crippen molar-refractivity contribution in [3.63, 3.8) is 0 Å². The van der Waals surface area contributed by atoms with E-state index in [1.807, 2.05) is 0 Å². The average molecular weight is 270 g/mol.